The number of nitrogens with one attached hydrogen (secondary N) is 1. The van der Waals surface area contributed by atoms with Crippen LogP contribution in [0.5, 0.6) is 11.5 Å². The maximum Gasteiger partial charge on any atom is 0.133 e. The second kappa shape index (κ2) is 5.36. The molecule has 0 amide bonds. The Labute approximate surface area is 101 Å². The lowest BCUT2D eigenvalue weighted by Crippen LogP contribution is -2.31. The van der Waals surface area contributed by atoms with E-state index in [-0.39, 0.29) is 11.6 Å². The molecule has 0 spiro atoms. The molecule has 0 radical (unpaired) electrons. The molecule has 0 aliphatic carbocycles. The fraction of sp³-hybridized carbons (Fsp3) is 0.538. The minimum absolute atomic E-state index is 0.0927. The molecule has 1 heterocycles. The van der Waals surface area contributed by atoms with Crippen LogP contribution < -0.4 is 10.1 Å². The van der Waals surface area contributed by atoms with E-state index in [0.29, 0.717) is 23.7 Å². The smallest absolute Gasteiger partial charge is 0.133 e. The van der Waals surface area contributed by atoms with Crippen LogP contribution in [0, 0.1) is 11.7 Å². The molecule has 1 atom stereocenters. The van der Waals surface area contributed by atoms with Crippen LogP contribution in [0.15, 0.2) is 12.1 Å². The molecule has 1 fully saturated rings. The Balaban J connectivity index is 2.18. The fourth-order valence-corrected chi connectivity index (χ4v) is 2.36. The van der Waals surface area contributed by atoms with Crippen molar-refractivity contribution < 1.29 is 14.2 Å². The van der Waals surface area contributed by atoms with Gasteiger partial charge in [-0.1, -0.05) is 0 Å². The highest BCUT2D eigenvalue weighted by molar-refractivity contribution is 5.41. The summed E-state index contributed by atoms with van der Waals surface area (Å²) in [5.41, 5.74) is 0.569. The molecule has 1 saturated heterocycles. The molecule has 1 unspecified atom stereocenters. The van der Waals surface area contributed by atoms with Crippen molar-refractivity contribution >= 4 is 0 Å². The molecule has 17 heavy (non-hydrogen) atoms. The lowest BCUT2D eigenvalue weighted by molar-refractivity contribution is 0.355. The molecule has 0 saturated carbocycles. The summed E-state index contributed by atoms with van der Waals surface area (Å²) in [4.78, 5) is 0. The SMILES string of the molecule is COc1cc(O)cc(F)c1CC1CCCNC1. The molecule has 4 heteroatoms. The van der Waals surface area contributed by atoms with E-state index in [2.05, 4.69) is 5.32 Å². The second-order valence-electron chi connectivity index (χ2n) is 4.52. The first-order valence-electron chi connectivity index (χ1n) is 5.97. The monoisotopic (exact) mass is 239 g/mol. The molecule has 2 rings (SSSR count). The predicted molar refractivity (Wildman–Crippen MR) is 63.9 cm³/mol. The Morgan fingerprint density at radius 2 is 2.35 bits per heavy atom. The average molecular weight is 239 g/mol. The number of halogens is 1. The van der Waals surface area contributed by atoms with Gasteiger partial charge in [0.05, 0.1) is 7.11 Å². The number of phenolic OH excluding ortho intramolecular Hbond substituents is 1. The highest BCUT2D eigenvalue weighted by Gasteiger charge is 2.19. The Hall–Kier alpha value is -1.29. The molecule has 1 aliphatic rings. The van der Waals surface area contributed by atoms with E-state index in [9.17, 15) is 9.50 Å². The molecule has 1 aliphatic heterocycles. The van der Waals surface area contributed by atoms with Crippen LogP contribution >= 0.6 is 0 Å². The summed E-state index contributed by atoms with van der Waals surface area (Å²) in [6, 6.07) is 2.61. The number of piperidine rings is 1. The van der Waals surface area contributed by atoms with Crippen molar-refractivity contribution in [3.8, 4) is 11.5 Å². The predicted octanol–water partition coefficient (Wildman–Crippen LogP) is 2.08. The van der Waals surface area contributed by atoms with Crippen molar-refractivity contribution in [2.75, 3.05) is 20.2 Å². The van der Waals surface area contributed by atoms with E-state index >= 15 is 0 Å². The lowest BCUT2D eigenvalue weighted by atomic mass is 9.91. The Morgan fingerprint density at radius 3 is 3.00 bits per heavy atom. The minimum atomic E-state index is -0.382. The van der Waals surface area contributed by atoms with Crippen LogP contribution in [0.4, 0.5) is 4.39 Å². The number of phenols is 1. The number of aromatic hydroxyl groups is 1. The highest BCUT2D eigenvalue weighted by atomic mass is 19.1. The van der Waals surface area contributed by atoms with Gasteiger partial charge < -0.3 is 15.2 Å². The van der Waals surface area contributed by atoms with Gasteiger partial charge in [-0.2, -0.15) is 0 Å². The molecule has 2 N–H and O–H groups in total. The Morgan fingerprint density at radius 1 is 1.53 bits per heavy atom. The molecule has 0 aromatic heterocycles. The maximum atomic E-state index is 13.8. The quantitative estimate of drug-likeness (QED) is 0.848. The molecular formula is C13H18FNO2. The van der Waals surface area contributed by atoms with Crippen LogP contribution in [0.2, 0.25) is 0 Å². The zero-order valence-electron chi connectivity index (χ0n) is 10.0. The largest absolute Gasteiger partial charge is 0.508 e. The van der Waals surface area contributed by atoms with Gasteiger partial charge in [0, 0.05) is 17.7 Å². The number of ether oxygens (including phenoxy) is 1. The zero-order chi connectivity index (χ0) is 12.3. The number of rotatable bonds is 3. The van der Waals surface area contributed by atoms with Crippen LogP contribution in [-0.4, -0.2) is 25.3 Å². The molecule has 1 aromatic carbocycles. The third-order valence-corrected chi connectivity index (χ3v) is 3.25. The summed E-state index contributed by atoms with van der Waals surface area (Å²) in [5.74, 6) is 0.405. The van der Waals surface area contributed by atoms with Gasteiger partial charge in [0.25, 0.3) is 0 Å². The van der Waals surface area contributed by atoms with Crippen molar-refractivity contribution in [1.29, 1.82) is 0 Å². The van der Waals surface area contributed by atoms with Crippen molar-refractivity contribution in [2.45, 2.75) is 19.3 Å². The van der Waals surface area contributed by atoms with Gasteiger partial charge in [0.2, 0.25) is 0 Å². The highest BCUT2D eigenvalue weighted by Crippen LogP contribution is 2.30. The molecule has 1 aromatic rings. The first-order valence-corrected chi connectivity index (χ1v) is 5.97. The number of benzene rings is 1. The second-order valence-corrected chi connectivity index (χ2v) is 4.52. The van der Waals surface area contributed by atoms with Crippen LogP contribution in [-0.2, 0) is 6.42 Å². The normalized spacial score (nSPS) is 20.2. The van der Waals surface area contributed by atoms with E-state index in [1.165, 1.54) is 13.2 Å². The lowest BCUT2D eigenvalue weighted by Gasteiger charge is -2.23. The van der Waals surface area contributed by atoms with E-state index in [1.54, 1.807) is 0 Å². The number of hydrogen-bond acceptors (Lipinski definition) is 3. The van der Waals surface area contributed by atoms with Gasteiger partial charge in [-0.3, -0.25) is 0 Å². The minimum Gasteiger partial charge on any atom is -0.508 e. The van der Waals surface area contributed by atoms with Gasteiger partial charge in [0.1, 0.15) is 17.3 Å². The first kappa shape index (κ1) is 12.2. The van der Waals surface area contributed by atoms with Gasteiger partial charge in [-0.25, -0.2) is 4.39 Å². The maximum absolute atomic E-state index is 13.8. The standard InChI is InChI=1S/C13H18FNO2/c1-17-13-7-10(16)6-12(14)11(13)5-9-3-2-4-15-8-9/h6-7,9,15-16H,2-5,8H2,1H3. The van der Waals surface area contributed by atoms with E-state index in [1.807, 2.05) is 0 Å². The van der Waals surface area contributed by atoms with Gasteiger partial charge >= 0.3 is 0 Å². The summed E-state index contributed by atoms with van der Waals surface area (Å²) in [7, 11) is 1.50. The van der Waals surface area contributed by atoms with Crippen LogP contribution in [0.3, 0.4) is 0 Å². The fourth-order valence-electron chi connectivity index (χ4n) is 2.36. The number of methoxy groups -OCH3 is 1. The third-order valence-electron chi connectivity index (χ3n) is 3.25. The first-order chi connectivity index (χ1) is 8.20. The Bertz CT molecular complexity index is 389. The van der Waals surface area contributed by atoms with Crippen molar-refractivity contribution in [2.24, 2.45) is 5.92 Å². The van der Waals surface area contributed by atoms with E-state index in [0.717, 1.165) is 32.0 Å². The van der Waals surface area contributed by atoms with Gasteiger partial charge in [0.15, 0.2) is 0 Å². The van der Waals surface area contributed by atoms with Gasteiger partial charge in [-0.05, 0) is 38.3 Å². The molecule has 94 valence electrons. The zero-order valence-corrected chi connectivity index (χ0v) is 10.0. The van der Waals surface area contributed by atoms with E-state index in [4.69, 9.17) is 4.74 Å². The topological polar surface area (TPSA) is 41.5 Å². The summed E-state index contributed by atoms with van der Waals surface area (Å²) in [6.45, 7) is 1.97. The summed E-state index contributed by atoms with van der Waals surface area (Å²) in [5, 5.41) is 12.6. The summed E-state index contributed by atoms with van der Waals surface area (Å²) >= 11 is 0. The number of hydrogen-bond donors (Lipinski definition) is 2. The van der Waals surface area contributed by atoms with Crippen molar-refractivity contribution in [3.63, 3.8) is 0 Å². The third kappa shape index (κ3) is 2.88. The molecule has 0 bridgehead atoms. The van der Waals surface area contributed by atoms with Crippen molar-refractivity contribution in [1.82, 2.24) is 5.32 Å². The summed E-state index contributed by atoms with van der Waals surface area (Å²) < 4.78 is 18.9. The summed E-state index contributed by atoms with van der Waals surface area (Å²) in [6.07, 6.45) is 2.89. The van der Waals surface area contributed by atoms with Crippen LogP contribution in [0.1, 0.15) is 18.4 Å². The van der Waals surface area contributed by atoms with Gasteiger partial charge in [-0.15, -0.1) is 0 Å². The Kier molecular flexibility index (Phi) is 3.84. The average Bonchev–Trinajstić information content (AvgIpc) is 2.33. The van der Waals surface area contributed by atoms with E-state index < -0.39 is 0 Å². The molecular weight excluding hydrogens is 221 g/mol. The molecule has 3 nitrogen and oxygen atoms in total. The van der Waals surface area contributed by atoms with Crippen LogP contribution in [0.25, 0.3) is 0 Å². The van der Waals surface area contributed by atoms with Crippen molar-refractivity contribution in [3.05, 3.63) is 23.5 Å².